The smallest absolute Gasteiger partial charge is 0.291 e. The van der Waals surface area contributed by atoms with Gasteiger partial charge >= 0.3 is 0 Å². The SMILES string of the molecule is Cc1cc(NC(=O)C[C@@H]2CCC[C@H]2N)ccc1NC(=O)c1ccco1.Cl. The monoisotopic (exact) mass is 377 g/mol. The Labute approximate surface area is 158 Å². The second-order valence-electron chi connectivity index (χ2n) is 6.57. The molecule has 1 aliphatic carbocycles. The van der Waals surface area contributed by atoms with Gasteiger partial charge < -0.3 is 20.8 Å². The van der Waals surface area contributed by atoms with Crippen LogP contribution in [0.25, 0.3) is 0 Å². The number of nitrogens with one attached hydrogen (secondary N) is 2. The van der Waals surface area contributed by atoms with Gasteiger partial charge in [0.25, 0.3) is 5.91 Å². The van der Waals surface area contributed by atoms with Crippen molar-refractivity contribution in [3.63, 3.8) is 0 Å². The summed E-state index contributed by atoms with van der Waals surface area (Å²) in [5, 5.41) is 5.71. The van der Waals surface area contributed by atoms with Crippen molar-refractivity contribution in [2.24, 2.45) is 11.7 Å². The van der Waals surface area contributed by atoms with Gasteiger partial charge in [0.1, 0.15) is 0 Å². The minimum atomic E-state index is -0.305. The van der Waals surface area contributed by atoms with Crippen LogP contribution in [0, 0.1) is 12.8 Å². The van der Waals surface area contributed by atoms with Crippen LogP contribution in [0.2, 0.25) is 0 Å². The second kappa shape index (κ2) is 8.87. The Morgan fingerprint density at radius 2 is 2.04 bits per heavy atom. The molecule has 2 atom stereocenters. The Morgan fingerprint density at radius 1 is 1.23 bits per heavy atom. The molecule has 0 spiro atoms. The third kappa shape index (κ3) is 4.86. The van der Waals surface area contributed by atoms with Crippen LogP contribution >= 0.6 is 12.4 Å². The van der Waals surface area contributed by atoms with E-state index in [0.717, 1.165) is 24.8 Å². The van der Waals surface area contributed by atoms with Gasteiger partial charge in [0, 0.05) is 23.8 Å². The average Bonchev–Trinajstić information content (AvgIpc) is 3.22. The number of furan rings is 1. The molecule has 1 fully saturated rings. The normalized spacial score (nSPS) is 18.8. The Balaban J connectivity index is 0.00000243. The zero-order chi connectivity index (χ0) is 17.8. The van der Waals surface area contributed by atoms with Gasteiger partial charge in [-0.25, -0.2) is 0 Å². The van der Waals surface area contributed by atoms with Gasteiger partial charge in [-0.2, -0.15) is 0 Å². The van der Waals surface area contributed by atoms with E-state index in [2.05, 4.69) is 10.6 Å². The van der Waals surface area contributed by atoms with Gasteiger partial charge in [-0.1, -0.05) is 6.42 Å². The predicted molar refractivity (Wildman–Crippen MR) is 104 cm³/mol. The van der Waals surface area contributed by atoms with E-state index in [4.69, 9.17) is 10.2 Å². The molecule has 4 N–H and O–H groups in total. The number of nitrogens with two attached hydrogens (primary N) is 1. The van der Waals surface area contributed by atoms with Crippen molar-refractivity contribution in [2.75, 3.05) is 10.6 Å². The first-order valence-corrected chi connectivity index (χ1v) is 8.54. The molecule has 2 aromatic rings. The fraction of sp³-hybridized carbons (Fsp3) is 0.368. The molecular weight excluding hydrogens is 354 g/mol. The summed E-state index contributed by atoms with van der Waals surface area (Å²) in [6.45, 7) is 1.88. The lowest BCUT2D eigenvalue weighted by atomic mass is 10.00. The molecule has 1 aromatic carbocycles. The van der Waals surface area contributed by atoms with Crippen LogP contribution in [0.1, 0.15) is 41.8 Å². The summed E-state index contributed by atoms with van der Waals surface area (Å²) in [7, 11) is 0. The molecule has 2 amide bonds. The maximum absolute atomic E-state index is 12.2. The van der Waals surface area contributed by atoms with Crippen LogP contribution in [0.15, 0.2) is 41.0 Å². The molecule has 26 heavy (non-hydrogen) atoms. The highest BCUT2D eigenvalue weighted by atomic mass is 35.5. The lowest BCUT2D eigenvalue weighted by molar-refractivity contribution is -0.117. The fourth-order valence-corrected chi connectivity index (χ4v) is 3.24. The number of carbonyl (C=O) groups excluding carboxylic acids is 2. The van der Waals surface area contributed by atoms with E-state index in [-0.39, 0.29) is 41.9 Å². The van der Waals surface area contributed by atoms with Gasteiger partial charge in [-0.05, 0) is 61.6 Å². The lowest BCUT2D eigenvalue weighted by Crippen LogP contribution is -2.28. The summed E-state index contributed by atoms with van der Waals surface area (Å²) in [6, 6.07) is 8.78. The first-order chi connectivity index (χ1) is 12.0. The first kappa shape index (κ1) is 20.0. The van der Waals surface area contributed by atoms with E-state index in [1.54, 1.807) is 24.3 Å². The van der Waals surface area contributed by atoms with Crippen molar-refractivity contribution in [1.29, 1.82) is 0 Å². The Kier molecular flexibility index (Phi) is 6.83. The summed E-state index contributed by atoms with van der Waals surface area (Å²) in [6.07, 6.45) is 5.03. The third-order valence-corrected chi connectivity index (χ3v) is 4.67. The van der Waals surface area contributed by atoms with Crippen molar-refractivity contribution in [3.8, 4) is 0 Å². The third-order valence-electron chi connectivity index (χ3n) is 4.67. The van der Waals surface area contributed by atoms with Crippen LogP contribution < -0.4 is 16.4 Å². The molecule has 0 saturated heterocycles. The van der Waals surface area contributed by atoms with Gasteiger partial charge in [-0.3, -0.25) is 9.59 Å². The summed E-state index contributed by atoms with van der Waals surface area (Å²) in [5.74, 6) is 0.201. The molecule has 0 bridgehead atoms. The summed E-state index contributed by atoms with van der Waals surface area (Å²) < 4.78 is 5.08. The highest BCUT2D eigenvalue weighted by Crippen LogP contribution is 2.27. The highest BCUT2D eigenvalue weighted by molar-refractivity contribution is 6.03. The predicted octanol–water partition coefficient (Wildman–Crippen LogP) is 3.72. The number of anilines is 2. The van der Waals surface area contributed by atoms with E-state index in [0.29, 0.717) is 17.8 Å². The van der Waals surface area contributed by atoms with Gasteiger partial charge in [-0.15, -0.1) is 12.4 Å². The molecule has 6 nitrogen and oxygen atoms in total. The summed E-state index contributed by atoms with van der Waals surface area (Å²) >= 11 is 0. The number of hydrogen-bond donors (Lipinski definition) is 3. The van der Waals surface area contributed by atoms with Crippen LogP contribution in [-0.4, -0.2) is 17.9 Å². The summed E-state index contributed by atoms with van der Waals surface area (Å²) in [5.41, 5.74) is 8.27. The number of rotatable bonds is 5. The zero-order valence-corrected chi connectivity index (χ0v) is 15.5. The molecule has 0 unspecified atom stereocenters. The first-order valence-electron chi connectivity index (χ1n) is 8.54. The number of hydrogen-bond acceptors (Lipinski definition) is 4. The quantitative estimate of drug-likeness (QED) is 0.739. The van der Waals surface area contributed by atoms with E-state index >= 15 is 0 Å². The number of benzene rings is 1. The Hall–Kier alpha value is -2.31. The van der Waals surface area contributed by atoms with Crippen molar-refractivity contribution in [1.82, 2.24) is 0 Å². The molecule has 1 saturated carbocycles. The maximum atomic E-state index is 12.2. The van der Waals surface area contributed by atoms with E-state index in [1.165, 1.54) is 6.26 Å². The summed E-state index contributed by atoms with van der Waals surface area (Å²) in [4.78, 5) is 24.2. The number of carbonyl (C=O) groups is 2. The van der Waals surface area contributed by atoms with Crippen LogP contribution in [0.3, 0.4) is 0 Å². The molecule has 3 rings (SSSR count). The molecule has 1 aliphatic rings. The van der Waals surface area contributed by atoms with Crippen LogP contribution in [0.4, 0.5) is 11.4 Å². The van der Waals surface area contributed by atoms with E-state index in [1.807, 2.05) is 13.0 Å². The van der Waals surface area contributed by atoms with E-state index in [9.17, 15) is 9.59 Å². The van der Waals surface area contributed by atoms with Crippen molar-refractivity contribution >= 4 is 35.6 Å². The highest BCUT2D eigenvalue weighted by Gasteiger charge is 2.26. The molecule has 0 aliphatic heterocycles. The van der Waals surface area contributed by atoms with E-state index < -0.39 is 0 Å². The van der Waals surface area contributed by atoms with Crippen molar-refractivity contribution in [3.05, 3.63) is 47.9 Å². The Morgan fingerprint density at radius 3 is 2.65 bits per heavy atom. The minimum Gasteiger partial charge on any atom is -0.459 e. The fourth-order valence-electron chi connectivity index (χ4n) is 3.24. The number of aryl methyl sites for hydroxylation is 1. The second-order valence-corrected chi connectivity index (χ2v) is 6.57. The Bertz CT molecular complexity index is 761. The molecule has 0 radical (unpaired) electrons. The standard InChI is InChI=1S/C19H23N3O3.ClH/c1-12-10-14(21-18(23)11-13-4-2-5-15(13)20)7-8-16(12)22-19(24)17-6-3-9-25-17;/h3,6-10,13,15H,2,4-5,11,20H2,1H3,(H,21,23)(H,22,24);1H/t13-,15+;/m0./s1. The minimum absolute atomic E-state index is 0. The zero-order valence-electron chi connectivity index (χ0n) is 14.7. The molecular formula is C19H24ClN3O3. The van der Waals surface area contributed by atoms with Gasteiger partial charge in [0.15, 0.2) is 5.76 Å². The average molecular weight is 378 g/mol. The van der Waals surface area contributed by atoms with Crippen molar-refractivity contribution in [2.45, 2.75) is 38.6 Å². The molecule has 140 valence electrons. The van der Waals surface area contributed by atoms with Gasteiger partial charge in [0.2, 0.25) is 5.91 Å². The largest absolute Gasteiger partial charge is 0.459 e. The number of halogens is 1. The maximum Gasteiger partial charge on any atom is 0.291 e. The molecule has 7 heteroatoms. The van der Waals surface area contributed by atoms with Gasteiger partial charge in [0.05, 0.1) is 6.26 Å². The van der Waals surface area contributed by atoms with Crippen molar-refractivity contribution < 1.29 is 14.0 Å². The van der Waals surface area contributed by atoms with Crippen LogP contribution in [0.5, 0.6) is 0 Å². The van der Waals surface area contributed by atoms with Crippen LogP contribution in [-0.2, 0) is 4.79 Å². The number of amides is 2. The topological polar surface area (TPSA) is 97.4 Å². The lowest BCUT2D eigenvalue weighted by Gasteiger charge is -2.15. The molecule has 1 heterocycles. The molecule has 1 aromatic heterocycles.